The summed E-state index contributed by atoms with van der Waals surface area (Å²) in [5.41, 5.74) is 0.648. The molecule has 9 nitrogen and oxygen atoms in total. The maximum Gasteiger partial charge on any atom is 1.00 e. The van der Waals surface area contributed by atoms with Crippen LogP contribution in [0.1, 0.15) is 0 Å². The number of carbonyl (C=O) groups excluding carboxylic acids is 2. The molecule has 0 unspecified atom stereocenters. The van der Waals surface area contributed by atoms with E-state index in [-0.39, 0.29) is 47.7 Å². The Bertz CT molecular complexity index is 815. The van der Waals surface area contributed by atoms with Crippen LogP contribution in [0.2, 0.25) is 0 Å². The number of hydrogen-bond donors (Lipinski definition) is 1. The first kappa shape index (κ1) is 17.9. The Hall–Kier alpha value is -2.49. The number of nitrogens with zero attached hydrogens (tertiary/aromatic N) is 3. The smallest absolute Gasteiger partial charge is 0.438 e. The van der Waals surface area contributed by atoms with E-state index >= 15 is 0 Å². The number of rotatable bonds is 4. The van der Waals surface area contributed by atoms with Crippen molar-refractivity contribution < 1.29 is 48.5 Å². The first-order chi connectivity index (χ1) is 11.0. The average Bonchev–Trinajstić information content (AvgIpc) is 3.11. The van der Waals surface area contributed by atoms with Crippen molar-refractivity contribution in [2.75, 3.05) is 6.54 Å². The normalized spacial score (nSPS) is 13.9. The van der Waals surface area contributed by atoms with Gasteiger partial charge in [-0.25, -0.2) is 9.79 Å². The number of furan rings is 1. The summed E-state index contributed by atoms with van der Waals surface area (Å²) in [5.74, 6) is 0.326. The minimum atomic E-state index is -0.541. The number of imide groups is 1. The van der Waals surface area contributed by atoms with E-state index < -0.39 is 16.9 Å². The Morgan fingerprint density at radius 2 is 1.92 bits per heavy atom. The third kappa shape index (κ3) is 3.88. The maximum absolute atomic E-state index is 11.3. The fourth-order valence-electron chi connectivity index (χ4n) is 1.98. The predicted octanol–water partition coefficient (Wildman–Crippen LogP) is -0.930. The summed E-state index contributed by atoms with van der Waals surface area (Å²) in [4.78, 5) is 37.6. The number of carbonyl (C=O) groups is 2. The van der Waals surface area contributed by atoms with Gasteiger partial charge in [0, 0.05) is 23.8 Å². The molecule has 0 saturated carbocycles. The zero-order valence-electron chi connectivity index (χ0n) is 12.6. The minimum absolute atomic E-state index is 0. The molecule has 10 heteroatoms. The second-order valence-electron chi connectivity index (χ2n) is 4.67. The van der Waals surface area contributed by atoms with Gasteiger partial charge in [-0.2, -0.15) is 0 Å². The number of nitro groups is 1. The van der Waals surface area contributed by atoms with Gasteiger partial charge in [-0.3, -0.25) is 25.1 Å². The average molecular weight is 337 g/mol. The fraction of sp³-hybridized carbons (Fsp3) is 0.0714. The molecule has 1 aromatic carbocycles. The van der Waals surface area contributed by atoms with Crippen LogP contribution in [0.5, 0.6) is 0 Å². The van der Waals surface area contributed by atoms with Crippen LogP contribution in [0.4, 0.5) is 16.4 Å². The molecular formula is C14H10N4NaO5+. The van der Waals surface area contributed by atoms with Gasteiger partial charge in [-0.15, -0.1) is 0 Å². The van der Waals surface area contributed by atoms with Crippen LogP contribution in [-0.2, 0) is 4.79 Å². The second-order valence-corrected chi connectivity index (χ2v) is 4.67. The van der Waals surface area contributed by atoms with E-state index in [9.17, 15) is 19.7 Å². The van der Waals surface area contributed by atoms with Gasteiger partial charge in [0.2, 0.25) is 11.8 Å². The van der Waals surface area contributed by atoms with E-state index in [1.165, 1.54) is 18.5 Å². The maximum atomic E-state index is 11.3. The SMILES string of the molecule is O=C1CN(/C=N/c2ccc(-c3ccc([N+](=O)[O-])cc3)o2)C(=O)N1.[Na+]. The van der Waals surface area contributed by atoms with E-state index in [2.05, 4.69) is 10.3 Å². The Morgan fingerprint density at radius 3 is 2.50 bits per heavy atom. The Kier molecular flexibility index (Phi) is 5.50. The molecule has 0 bridgehead atoms. The molecule has 1 fully saturated rings. The molecule has 3 amide bonds. The van der Waals surface area contributed by atoms with Crippen LogP contribution < -0.4 is 34.9 Å². The first-order valence-electron chi connectivity index (χ1n) is 6.52. The van der Waals surface area contributed by atoms with Crippen molar-refractivity contribution in [1.29, 1.82) is 0 Å². The van der Waals surface area contributed by atoms with Crippen LogP contribution in [0.15, 0.2) is 45.8 Å². The fourth-order valence-corrected chi connectivity index (χ4v) is 1.98. The summed E-state index contributed by atoms with van der Waals surface area (Å²) in [6.45, 7) is -0.0851. The van der Waals surface area contributed by atoms with Crippen LogP contribution in [-0.4, -0.2) is 34.6 Å². The molecule has 1 saturated heterocycles. The topological polar surface area (TPSA) is 118 Å². The van der Waals surface area contributed by atoms with E-state index in [1.54, 1.807) is 24.3 Å². The molecule has 0 aliphatic carbocycles. The minimum Gasteiger partial charge on any atom is -0.438 e. The third-order valence-electron chi connectivity index (χ3n) is 3.10. The second kappa shape index (κ2) is 7.39. The molecule has 2 aromatic rings. The first-order valence-corrected chi connectivity index (χ1v) is 6.52. The van der Waals surface area contributed by atoms with E-state index in [0.717, 1.165) is 4.90 Å². The van der Waals surface area contributed by atoms with E-state index in [4.69, 9.17) is 4.42 Å². The number of benzene rings is 1. The third-order valence-corrected chi connectivity index (χ3v) is 3.10. The predicted molar refractivity (Wildman–Crippen MR) is 79.2 cm³/mol. The summed E-state index contributed by atoms with van der Waals surface area (Å²) < 4.78 is 5.48. The standard InChI is InChI=1S/C14H10N4O5.Na/c19-12-7-17(14(20)16-12)8-15-13-6-5-11(23-13)9-1-3-10(4-2-9)18(21)22;/h1-6,8H,7H2,(H,16,19,20);/q;+1/b15-8+;. The number of nitrogens with one attached hydrogen (secondary N) is 1. The summed E-state index contributed by atoms with van der Waals surface area (Å²) in [5, 5.41) is 12.7. The van der Waals surface area contributed by atoms with Gasteiger partial charge >= 0.3 is 35.6 Å². The molecular weight excluding hydrogens is 327 g/mol. The van der Waals surface area contributed by atoms with Gasteiger partial charge in [0.25, 0.3) is 5.69 Å². The number of amides is 3. The summed E-state index contributed by atoms with van der Waals surface area (Å²) >= 11 is 0. The molecule has 1 aliphatic heterocycles. The van der Waals surface area contributed by atoms with Crippen LogP contribution in [0.25, 0.3) is 11.3 Å². The van der Waals surface area contributed by atoms with Crippen molar-refractivity contribution in [3.8, 4) is 11.3 Å². The number of urea groups is 1. The van der Waals surface area contributed by atoms with Crippen LogP contribution >= 0.6 is 0 Å². The summed E-state index contributed by atoms with van der Waals surface area (Å²) in [7, 11) is 0. The van der Waals surface area contributed by atoms with Gasteiger partial charge in [0.05, 0.1) is 4.92 Å². The van der Waals surface area contributed by atoms with E-state index in [0.29, 0.717) is 11.3 Å². The van der Waals surface area contributed by atoms with Crippen LogP contribution in [0, 0.1) is 10.1 Å². The molecule has 1 aromatic heterocycles. The van der Waals surface area contributed by atoms with Crippen molar-refractivity contribution >= 4 is 29.8 Å². The van der Waals surface area contributed by atoms with Crippen molar-refractivity contribution in [2.45, 2.75) is 0 Å². The van der Waals surface area contributed by atoms with Crippen molar-refractivity contribution in [3.63, 3.8) is 0 Å². The van der Waals surface area contributed by atoms with Gasteiger partial charge in [0.1, 0.15) is 18.6 Å². The molecule has 2 heterocycles. The molecule has 1 N–H and O–H groups in total. The monoisotopic (exact) mass is 337 g/mol. The number of aliphatic imine (C=N–C) groups is 1. The Labute approximate surface area is 157 Å². The molecule has 0 radical (unpaired) electrons. The van der Waals surface area contributed by atoms with Gasteiger partial charge in [0.15, 0.2) is 0 Å². The molecule has 1 aliphatic rings. The Balaban J connectivity index is 0.00000208. The number of non-ortho nitro benzene ring substituents is 1. The molecule has 116 valence electrons. The number of nitro benzene ring substituents is 1. The quantitative estimate of drug-likeness (QED) is 0.193. The van der Waals surface area contributed by atoms with Crippen molar-refractivity contribution in [3.05, 3.63) is 46.5 Å². The zero-order chi connectivity index (χ0) is 16.4. The Morgan fingerprint density at radius 1 is 1.21 bits per heavy atom. The van der Waals surface area contributed by atoms with Gasteiger partial charge in [-0.1, -0.05) is 0 Å². The summed E-state index contributed by atoms with van der Waals surface area (Å²) in [6, 6.07) is 8.59. The summed E-state index contributed by atoms with van der Waals surface area (Å²) in [6.07, 6.45) is 1.21. The zero-order valence-corrected chi connectivity index (χ0v) is 14.6. The van der Waals surface area contributed by atoms with Crippen LogP contribution in [0.3, 0.4) is 0 Å². The van der Waals surface area contributed by atoms with Crippen molar-refractivity contribution in [1.82, 2.24) is 10.2 Å². The molecule has 3 rings (SSSR count). The molecule has 0 atom stereocenters. The van der Waals surface area contributed by atoms with E-state index in [1.807, 2.05) is 0 Å². The van der Waals surface area contributed by atoms with Gasteiger partial charge in [-0.05, 0) is 18.2 Å². The number of hydrogen-bond acceptors (Lipinski definition) is 6. The molecule has 24 heavy (non-hydrogen) atoms. The van der Waals surface area contributed by atoms with Gasteiger partial charge < -0.3 is 4.42 Å². The van der Waals surface area contributed by atoms with Crippen molar-refractivity contribution in [2.24, 2.45) is 4.99 Å². The molecule has 0 spiro atoms. The largest absolute Gasteiger partial charge is 1.00 e.